The Morgan fingerprint density at radius 3 is 2.34 bits per heavy atom. The molecule has 2 aromatic carbocycles. The number of ether oxygens (including phenoxy) is 1. The first kappa shape index (κ1) is 23.6. The number of sulfone groups is 1. The Hall–Kier alpha value is -3.04. The molecule has 1 heterocycles. The average Bonchev–Trinajstić information content (AvgIpc) is 2.74. The highest BCUT2D eigenvalue weighted by Gasteiger charge is 2.25. The van der Waals surface area contributed by atoms with E-state index in [1.54, 1.807) is 0 Å². The lowest BCUT2D eigenvalue weighted by Crippen LogP contribution is -2.23. The summed E-state index contributed by atoms with van der Waals surface area (Å²) in [6.07, 6.45) is -0.659. The highest BCUT2D eigenvalue weighted by Crippen LogP contribution is 2.33. The maximum absolute atomic E-state index is 14.6. The molecular weight excluding hydrogens is 462 g/mol. The number of nitrogens with zero attached hydrogens (tertiary/aromatic N) is 2. The maximum Gasteiger partial charge on any atom is 0.409 e. The van der Waals surface area contributed by atoms with Crippen LogP contribution in [0.25, 0.3) is 11.1 Å². The van der Waals surface area contributed by atoms with E-state index in [1.165, 1.54) is 50.2 Å². The van der Waals surface area contributed by atoms with E-state index in [4.69, 9.17) is 16.3 Å². The van der Waals surface area contributed by atoms with Crippen LogP contribution in [0.5, 0.6) is 0 Å². The van der Waals surface area contributed by atoms with Gasteiger partial charge in [0, 0.05) is 35.9 Å². The third kappa shape index (κ3) is 4.89. The van der Waals surface area contributed by atoms with Crippen molar-refractivity contribution in [3.63, 3.8) is 0 Å². The number of amides is 1. The van der Waals surface area contributed by atoms with E-state index in [1.807, 2.05) is 0 Å². The largest absolute Gasteiger partial charge is 0.444 e. The minimum atomic E-state index is -4.10. The molecule has 0 atom stereocenters. The van der Waals surface area contributed by atoms with Gasteiger partial charge in [0.05, 0.1) is 4.90 Å². The van der Waals surface area contributed by atoms with Gasteiger partial charge in [0.25, 0.3) is 0 Å². The highest BCUT2D eigenvalue weighted by molar-refractivity contribution is 7.91. The van der Waals surface area contributed by atoms with Crippen molar-refractivity contribution >= 4 is 27.5 Å². The average molecular weight is 481 g/mol. The molecule has 0 saturated carbocycles. The van der Waals surface area contributed by atoms with Gasteiger partial charge in [0.1, 0.15) is 18.2 Å². The zero-order chi connectivity index (χ0) is 23.6. The summed E-state index contributed by atoms with van der Waals surface area (Å²) in [5.74, 6) is -1.48. The molecule has 0 aliphatic rings. The second-order valence-electron chi connectivity index (χ2n) is 7.10. The van der Waals surface area contributed by atoms with Gasteiger partial charge in [0.2, 0.25) is 9.84 Å². The fraction of sp³-hybridized carbons (Fsp3) is 0.182. The molecule has 0 bridgehead atoms. The number of pyridine rings is 1. The number of halogens is 3. The Labute approximate surface area is 189 Å². The van der Waals surface area contributed by atoms with Gasteiger partial charge in [-0.15, -0.1) is 0 Å². The van der Waals surface area contributed by atoms with Gasteiger partial charge in [0.15, 0.2) is 5.03 Å². The number of rotatable bonds is 5. The Balaban J connectivity index is 2.20. The van der Waals surface area contributed by atoms with Crippen molar-refractivity contribution < 1.29 is 26.7 Å². The lowest BCUT2D eigenvalue weighted by Gasteiger charge is -2.17. The standard InChI is InChI=1S/C22H19ClF2N2O4S/c1-13-19(12-31-22(28)27(2)3)17(18-10-15(24)6-9-20(18)25)11-21(26-13)32(29,30)16-7-4-14(23)5-8-16/h4-11H,12H2,1-3H3. The topological polar surface area (TPSA) is 76.6 Å². The van der Waals surface area contributed by atoms with E-state index in [0.29, 0.717) is 5.02 Å². The van der Waals surface area contributed by atoms with Crippen LogP contribution in [-0.2, 0) is 21.2 Å². The molecule has 168 valence electrons. The molecule has 1 amide bonds. The lowest BCUT2D eigenvalue weighted by atomic mass is 9.99. The van der Waals surface area contributed by atoms with Crippen LogP contribution in [0.1, 0.15) is 11.3 Å². The Morgan fingerprint density at radius 1 is 1.06 bits per heavy atom. The van der Waals surface area contributed by atoms with Gasteiger partial charge >= 0.3 is 6.09 Å². The number of benzene rings is 2. The van der Waals surface area contributed by atoms with Crippen molar-refractivity contribution in [1.29, 1.82) is 0 Å². The van der Waals surface area contributed by atoms with E-state index in [2.05, 4.69) is 4.98 Å². The second kappa shape index (κ2) is 9.22. The maximum atomic E-state index is 14.6. The lowest BCUT2D eigenvalue weighted by molar-refractivity contribution is 0.112. The van der Waals surface area contributed by atoms with E-state index in [-0.39, 0.29) is 38.9 Å². The van der Waals surface area contributed by atoms with Gasteiger partial charge in [-0.3, -0.25) is 0 Å². The van der Waals surface area contributed by atoms with Crippen LogP contribution in [0.3, 0.4) is 0 Å². The Kier molecular flexibility index (Phi) is 6.80. The molecule has 32 heavy (non-hydrogen) atoms. The van der Waals surface area contributed by atoms with Gasteiger partial charge in [-0.05, 0) is 61.0 Å². The number of aryl methyl sites for hydroxylation is 1. The van der Waals surface area contributed by atoms with Crippen molar-refractivity contribution in [3.8, 4) is 11.1 Å². The molecule has 0 aliphatic carbocycles. The number of aromatic nitrogens is 1. The van der Waals surface area contributed by atoms with Crippen LogP contribution in [-0.4, -0.2) is 38.5 Å². The highest BCUT2D eigenvalue weighted by atomic mass is 35.5. The molecule has 0 N–H and O–H groups in total. The van der Waals surface area contributed by atoms with E-state index < -0.39 is 27.6 Å². The van der Waals surface area contributed by atoms with Gasteiger partial charge in [-0.2, -0.15) is 0 Å². The van der Waals surface area contributed by atoms with E-state index in [9.17, 15) is 22.0 Å². The summed E-state index contributed by atoms with van der Waals surface area (Å²) in [6, 6.07) is 9.46. The van der Waals surface area contributed by atoms with E-state index >= 15 is 0 Å². The number of carbonyl (C=O) groups is 1. The van der Waals surface area contributed by atoms with Crippen molar-refractivity contribution in [3.05, 3.63) is 76.4 Å². The Bertz CT molecular complexity index is 1280. The van der Waals surface area contributed by atoms with Crippen LogP contribution in [0, 0.1) is 18.6 Å². The van der Waals surface area contributed by atoms with Crippen molar-refractivity contribution in [2.24, 2.45) is 0 Å². The number of hydrogen-bond acceptors (Lipinski definition) is 5. The van der Waals surface area contributed by atoms with Crippen molar-refractivity contribution in [2.75, 3.05) is 14.1 Å². The fourth-order valence-electron chi connectivity index (χ4n) is 2.93. The van der Waals surface area contributed by atoms with Crippen molar-refractivity contribution in [2.45, 2.75) is 23.5 Å². The second-order valence-corrected chi connectivity index (χ2v) is 9.44. The van der Waals surface area contributed by atoms with Crippen molar-refractivity contribution in [1.82, 2.24) is 9.88 Å². The van der Waals surface area contributed by atoms with Crippen LogP contribution >= 0.6 is 11.6 Å². The SMILES string of the molecule is Cc1nc(S(=O)(=O)c2ccc(Cl)cc2)cc(-c2cc(F)ccc2F)c1COC(=O)N(C)C. The first-order valence-corrected chi connectivity index (χ1v) is 11.2. The van der Waals surface area contributed by atoms with Crippen LogP contribution in [0.2, 0.25) is 5.02 Å². The number of hydrogen-bond donors (Lipinski definition) is 0. The predicted octanol–water partition coefficient (Wildman–Crippen LogP) is 5.02. The summed E-state index contributed by atoms with van der Waals surface area (Å²) < 4.78 is 60.0. The minimum Gasteiger partial charge on any atom is -0.444 e. The normalized spacial score (nSPS) is 11.3. The molecule has 0 saturated heterocycles. The molecule has 0 unspecified atom stereocenters. The summed E-state index contributed by atoms with van der Waals surface area (Å²) in [7, 11) is -1.12. The molecule has 10 heteroatoms. The molecular formula is C22H19ClF2N2O4S. The summed E-state index contributed by atoms with van der Waals surface area (Å²) in [6.45, 7) is 1.18. The Morgan fingerprint density at radius 2 is 1.72 bits per heavy atom. The molecule has 0 aliphatic heterocycles. The molecule has 0 fully saturated rings. The minimum absolute atomic E-state index is 0.0496. The van der Waals surface area contributed by atoms with Gasteiger partial charge in [-0.1, -0.05) is 11.6 Å². The zero-order valence-corrected chi connectivity index (χ0v) is 19.0. The molecule has 0 radical (unpaired) electrons. The first-order valence-electron chi connectivity index (χ1n) is 9.31. The third-order valence-electron chi connectivity index (χ3n) is 4.63. The summed E-state index contributed by atoms with van der Waals surface area (Å²) in [5, 5.41) is -0.00710. The first-order chi connectivity index (χ1) is 15.0. The monoisotopic (exact) mass is 480 g/mol. The molecule has 3 rings (SSSR count). The van der Waals surface area contributed by atoms with Crippen LogP contribution in [0.4, 0.5) is 13.6 Å². The van der Waals surface area contributed by atoms with Gasteiger partial charge in [-0.25, -0.2) is 27.0 Å². The fourth-order valence-corrected chi connectivity index (χ4v) is 4.32. The predicted molar refractivity (Wildman–Crippen MR) is 115 cm³/mol. The summed E-state index contributed by atoms with van der Waals surface area (Å²) >= 11 is 5.84. The molecule has 6 nitrogen and oxygen atoms in total. The summed E-state index contributed by atoms with van der Waals surface area (Å²) in [5.41, 5.74) is 0.303. The third-order valence-corrected chi connectivity index (χ3v) is 6.54. The smallest absolute Gasteiger partial charge is 0.409 e. The van der Waals surface area contributed by atoms with Crippen LogP contribution < -0.4 is 0 Å². The van der Waals surface area contributed by atoms with E-state index in [0.717, 1.165) is 24.3 Å². The quantitative estimate of drug-likeness (QED) is 0.512. The zero-order valence-electron chi connectivity index (χ0n) is 17.4. The number of carbonyl (C=O) groups excluding carboxylic acids is 1. The summed E-state index contributed by atoms with van der Waals surface area (Å²) in [4.78, 5) is 17.2. The molecule has 0 spiro atoms. The van der Waals surface area contributed by atoms with Gasteiger partial charge < -0.3 is 9.64 Å². The molecule has 3 aromatic rings. The molecule has 1 aromatic heterocycles. The van der Waals surface area contributed by atoms with Crippen LogP contribution in [0.15, 0.2) is 58.5 Å².